The van der Waals surface area contributed by atoms with Gasteiger partial charge < -0.3 is 10.2 Å². The summed E-state index contributed by atoms with van der Waals surface area (Å²) in [5, 5.41) is 8.57. The lowest BCUT2D eigenvalue weighted by molar-refractivity contribution is -0.121. The summed E-state index contributed by atoms with van der Waals surface area (Å²) in [4.78, 5) is 13.8. The second kappa shape index (κ2) is 6.04. The van der Waals surface area contributed by atoms with Crippen LogP contribution in [0.15, 0.2) is 24.4 Å². The van der Waals surface area contributed by atoms with E-state index in [1.807, 2.05) is 37.2 Å². The minimum Gasteiger partial charge on any atom is -0.353 e. The van der Waals surface area contributed by atoms with Crippen LogP contribution < -0.4 is 5.32 Å². The normalized spacial score (nSPS) is 11.2. The van der Waals surface area contributed by atoms with E-state index in [1.54, 1.807) is 10.9 Å². The molecule has 1 aromatic heterocycles. The molecule has 0 radical (unpaired) electrons. The van der Waals surface area contributed by atoms with Crippen LogP contribution in [0.2, 0.25) is 5.02 Å². The highest BCUT2D eigenvalue weighted by atomic mass is 35.5. The summed E-state index contributed by atoms with van der Waals surface area (Å²) >= 11 is 6.07. The predicted octanol–water partition coefficient (Wildman–Crippen LogP) is 1.37. The van der Waals surface area contributed by atoms with Crippen LogP contribution in [0.5, 0.6) is 0 Å². The van der Waals surface area contributed by atoms with Crippen molar-refractivity contribution < 1.29 is 4.79 Å². The fraction of sp³-hybridized carbons (Fsp3) is 0.385. The van der Waals surface area contributed by atoms with Crippen LogP contribution in [0.1, 0.15) is 0 Å². The molecule has 6 heteroatoms. The van der Waals surface area contributed by atoms with Gasteiger partial charge in [0.05, 0.1) is 16.7 Å². The van der Waals surface area contributed by atoms with Crippen LogP contribution in [0.3, 0.4) is 0 Å². The Kier molecular flexibility index (Phi) is 4.39. The first kappa shape index (κ1) is 13.8. The second-order valence-electron chi connectivity index (χ2n) is 4.63. The summed E-state index contributed by atoms with van der Waals surface area (Å²) in [6, 6.07) is 5.57. The maximum absolute atomic E-state index is 11.8. The quantitative estimate of drug-likeness (QED) is 0.900. The van der Waals surface area contributed by atoms with Crippen molar-refractivity contribution in [1.29, 1.82) is 0 Å². The Morgan fingerprint density at radius 1 is 1.47 bits per heavy atom. The lowest BCUT2D eigenvalue weighted by Gasteiger charge is -2.10. The summed E-state index contributed by atoms with van der Waals surface area (Å²) in [6.07, 6.45) is 1.69. The second-order valence-corrected chi connectivity index (χ2v) is 5.04. The van der Waals surface area contributed by atoms with Gasteiger partial charge in [-0.15, -0.1) is 0 Å². The fourth-order valence-electron chi connectivity index (χ4n) is 1.81. The molecule has 0 aliphatic rings. The van der Waals surface area contributed by atoms with Gasteiger partial charge in [0.1, 0.15) is 6.54 Å². The lowest BCUT2D eigenvalue weighted by Crippen LogP contribution is -2.33. The maximum atomic E-state index is 11.8. The molecule has 1 heterocycles. The van der Waals surface area contributed by atoms with Crippen molar-refractivity contribution in [2.24, 2.45) is 0 Å². The lowest BCUT2D eigenvalue weighted by atomic mass is 10.2. The standard InChI is InChI=1S/C13H17ClN4O/c1-17(2)7-6-15-13(19)9-18-12-5-3-4-11(14)10(12)8-16-18/h3-5,8H,6-7,9H2,1-2H3,(H,15,19). The molecule has 5 nitrogen and oxygen atoms in total. The fourth-order valence-corrected chi connectivity index (χ4v) is 2.02. The predicted molar refractivity (Wildman–Crippen MR) is 76.3 cm³/mol. The van der Waals surface area contributed by atoms with Crippen LogP contribution >= 0.6 is 11.6 Å². The van der Waals surface area contributed by atoms with Gasteiger partial charge in [-0.1, -0.05) is 17.7 Å². The van der Waals surface area contributed by atoms with Crippen LogP contribution in [0.25, 0.3) is 10.9 Å². The smallest absolute Gasteiger partial charge is 0.241 e. The minimum absolute atomic E-state index is 0.0492. The third-order valence-electron chi connectivity index (χ3n) is 2.81. The van der Waals surface area contributed by atoms with Crippen molar-refractivity contribution >= 4 is 28.4 Å². The van der Waals surface area contributed by atoms with E-state index in [1.165, 1.54) is 0 Å². The van der Waals surface area contributed by atoms with Crippen LogP contribution in [-0.4, -0.2) is 47.8 Å². The maximum Gasteiger partial charge on any atom is 0.241 e. The van der Waals surface area contributed by atoms with Crippen molar-refractivity contribution in [3.63, 3.8) is 0 Å². The van der Waals surface area contributed by atoms with Gasteiger partial charge in [0, 0.05) is 18.5 Å². The van der Waals surface area contributed by atoms with Gasteiger partial charge in [0.25, 0.3) is 0 Å². The number of fused-ring (bicyclic) bond motifs is 1. The van der Waals surface area contributed by atoms with Gasteiger partial charge in [0.15, 0.2) is 0 Å². The first-order chi connectivity index (χ1) is 9.08. The van der Waals surface area contributed by atoms with E-state index in [9.17, 15) is 4.79 Å². The third-order valence-corrected chi connectivity index (χ3v) is 3.14. The number of hydrogen-bond donors (Lipinski definition) is 1. The molecule has 1 amide bonds. The molecule has 0 bridgehead atoms. The molecule has 0 aliphatic carbocycles. The Labute approximate surface area is 117 Å². The van der Waals surface area contributed by atoms with Gasteiger partial charge in [-0.3, -0.25) is 9.48 Å². The van der Waals surface area contributed by atoms with E-state index in [0.717, 1.165) is 17.4 Å². The van der Waals surface area contributed by atoms with Gasteiger partial charge in [-0.25, -0.2) is 0 Å². The number of carbonyl (C=O) groups excluding carboxylic acids is 1. The highest BCUT2D eigenvalue weighted by Gasteiger charge is 2.08. The number of nitrogens with zero attached hydrogens (tertiary/aromatic N) is 3. The number of carbonyl (C=O) groups is 1. The highest BCUT2D eigenvalue weighted by Crippen LogP contribution is 2.22. The van der Waals surface area contributed by atoms with Gasteiger partial charge in [0.2, 0.25) is 5.91 Å². The number of benzene rings is 1. The zero-order valence-corrected chi connectivity index (χ0v) is 11.8. The van der Waals surface area contributed by atoms with Crippen LogP contribution in [-0.2, 0) is 11.3 Å². The van der Waals surface area contributed by atoms with E-state index in [4.69, 9.17) is 11.6 Å². The van der Waals surface area contributed by atoms with Crippen molar-refractivity contribution in [1.82, 2.24) is 20.0 Å². The summed E-state index contributed by atoms with van der Waals surface area (Å²) in [5.74, 6) is -0.0492. The number of halogens is 1. The van der Waals surface area contributed by atoms with Crippen LogP contribution in [0, 0.1) is 0 Å². The molecular weight excluding hydrogens is 264 g/mol. The highest BCUT2D eigenvalue weighted by molar-refractivity contribution is 6.35. The summed E-state index contributed by atoms with van der Waals surface area (Å²) < 4.78 is 1.66. The molecule has 1 N–H and O–H groups in total. The first-order valence-corrected chi connectivity index (χ1v) is 6.47. The molecule has 0 saturated heterocycles. The van der Waals surface area contributed by atoms with Crippen molar-refractivity contribution in [2.75, 3.05) is 27.2 Å². The summed E-state index contributed by atoms with van der Waals surface area (Å²) in [7, 11) is 3.93. The van der Waals surface area contributed by atoms with Gasteiger partial charge >= 0.3 is 0 Å². The third kappa shape index (κ3) is 3.45. The molecule has 2 aromatic rings. The Balaban J connectivity index is 2.01. The average molecular weight is 281 g/mol. The monoisotopic (exact) mass is 280 g/mol. The molecule has 0 fully saturated rings. The number of aromatic nitrogens is 2. The molecule has 0 atom stereocenters. The SMILES string of the molecule is CN(C)CCNC(=O)Cn1ncc2c(Cl)cccc21. The summed E-state index contributed by atoms with van der Waals surface area (Å²) in [6.45, 7) is 1.65. The molecule has 19 heavy (non-hydrogen) atoms. The molecule has 0 aliphatic heterocycles. The Bertz CT molecular complexity index is 579. The molecular formula is C13H17ClN4O. The molecule has 1 aromatic carbocycles. The topological polar surface area (TPSA) is 50.2 Å². The Hall–Kier alpha value is -1.59. The number of nitrogens with one attached hydrogen (secondary N) is 1. The van der Waals surface area contributed by atoms with Gasteiger partial charge in [-0.2, -0.15) is 5.10 Å². The number of amides is 1. The number of rotatable bonds is 5. The Morgan fingerprint density at radius 3 is 3.00 bits per heavy atom. The molecule has 0 spiro atoms. The van der Waals surface area contributed by atoms with E-state index < -0.39 is 0 Å². The number of hydrogen-bond acceptors (Lipinski definition) is 3. The van der Waals surface area contributed by atoms with E-state index in [-0.39, 0.29) is 12.5 Å². The van der Waals surface area contributed by atoms with Crippen molar-refractivity contribution in [3.8, 4) is 0 Å². The largest absolute Gasteiger partial charge is 0.353 e. The average Bonchev–Trinajstić information content (AvgIpc) is 2.73. The Morgan fingerprint density at radius 2 is 2.26 bits per heavy atom. The van der Waals surface area contributed by atoms with E-state index in [2.05, 4.69) is 10.4 Å². The van der Waals surface area contributed by atoms with Gasteiger partial charge in [-0.05, 0) is 26.2 Å². The first-order valence-electron chi connectivity index (χ1n) is 6.09. The molecule has 2 rings (SSSR count). The van der Waals surface area contributed by atoms with E-state index in [0.29, 0.717) is 11.6 Å². The summed E-state index contributed by atoms with van der Waals surface area (Å²) in [5.41, 5.74) is 0.871. The molecule has 102 valence electrons. The van der Waals surface area contributed by atoms with E-state index >= 15 is 0 Å². The van der Waals surface area contributed by atoms with Crippen molar-refractivity contribution in [2.45, 2.75) is 6.54 Å². The zero-order valence-electron chi connectivity index (χ0n) is 11.1. The van der Waals surface area contributed by atoms with Crippen LogP contribution in [0.4, 0.5) is 0 Å². The van der Waals surface area contributed by atoms with Crippen molar-refractivity contribution in [3.05, 3.63) is 29.4 Å². The minimum atomic E-state index is -0.0492. The zero-order chi connectivity index (χ0) is 13.8. The number of likely N-dealkylation sites (N-methyl/N-ethyl adjacent to an activating group) is 1. The molecule has 0 saturated carbocycles. The molecule has 0 unspecified atom stereocenters.